The summed E-state index contributed by atoms with van der Waals surface area (Å²) in [6.45, 7) is 2.29. The van der Waals surface area contributed by atoms with Crippen LogP contribution in [-0.2, 0) is 16.6 Å². The predicted molar refractivity (Wildman–Crippen MR) is 89.6 cm³/mol. The van der Waals surface area contributed by atoms with Gasteiger partial charge in [-0.15, -0.1) is 11.3 Å². The van der Waals surface area contributed by atoms with Crippen LogP contribution >= 0.6 is 43.2 Å². The number of benzene rings is 1. The summed E-state index contributed by atoms with van der Waals surface area (Å²) in [5, 5.41) is 1.94. The van der Waals surface area contributed by atoms with Gasteiger partial charge in [-0.2, -0.15) is 4.31 Å². The van der Waals surface area contributed by atoms with Crippen LogP contribution in [0.25, 0.3) is 0 Å². The van der Waals surface area contributed by atoms with E-state index in [9.17, 15) is 8.42 Å². The van der Waals surface area contributed by atoms with Crippen molar-refractivity contribution in [2.24, 2.45) is 0 Å². The smallest absolute Gasteiger partial charge is 0.207 e. The third-order valence-corrected chi connectivity index (χ3v) is 7.34. The first kappa shape index (κ1) is 16.2. The Kier molecular flexibility index (Phi) is 5.07. The van der Waals surface area contributed by atoms with E-state index in [0.29, 0.717) is 11.0 Å². The molecule has 0 aliphatic rings. The lowest BCUT2D eigenvalue weighted by Crippen LogP contribution is -2.26. The van der Waals surface area contributed by atoms with Crippen LogP contribution in [0, 0.1) is 6.92 Å². The van der Waals surface area contributed by atoms with Crippen LogP contribution in [-0.4, -0.2) is 19.8 Å². The van der Waals surface area contributed by atoms with Crippen LogP contribution in [0.4, 0.5) is 0 Å². The number of nitrogens with zero attached hydrogens (tertiary/aromatic N) is 1. The van der Waals surface area contributed by atoms with Crippen LogP contribution < -0.4 is 0 Å². The molecule has 3 nitrogen and oxygen atoms in total. The van der Waals surface area contributed by atoms with Gasteiger partial charge in [-0.05, 0) is 52.0 Å². The molecule has 0 amide bonds. The number of hydrogen-bond acceptors (Lipinski definition) is 3. The Bertz CT molecular complexity index is 712. The molecule has 2 aromatic rings. The van der Waals surface area contributed by atoms with Crippen molar-refractivity contribution in [3.8, 4) is 0 Å². The maximum absolute atomic E-state index is 12.6. The Balaban J connectivity index is 2.37. The van der Waals surface area contributed by atoms with E-state index in [1.165, 1.54) is 4.31 Å². The van der Waals surface area contributed by atoms with Gasteiger partial charge in [-0.3, -0.25) is 0 Å². The third kappa shape index (κ3) is 3.33. The highest BCUT2D eigenvalue weighted by Gasteiger charge is 2.24. The Morgan fingerprint density at radius 2 is 1.95 bits per heavy atom. The lowest BCUT2D eigenvalue weighted by atomic mass is 10.2. The average Bonchev–Trinajstić information content (AvgIpc) is 2.86. The molecular weight excluding hydrogens is 426 g/mol. The van der Waals surface area contributed by atoms with Gasteiger partial charge < -0.3 is 0 Å². The van der Waals surface area contributed by atoms with E-state index >= 15 is 0 Å². The molecule has 0 radical (unpaired) electrons. The van der Waals surface area contributed by atoms with Gasteiger partial charge >= 0.3 is 0 Å². The maximum atomic E-state index is 12.6. The van der Waals surface area contributed by atoms with Crippen LogP contribution in [0.5, 0.6) is 0 Å². The molecule has 1 aromatic heterocycles. The molecule has 0 atom stereocenters. The zero-order valence-electron chi connectivity index (χ0n) is 10.9. The van der Waals surface area contributed by atoms with Crippen molar-refractivity contribution in [1.29, 1.82) is 0 Å². The highest BCUT2D eigenvalue weighted by Crippen LogP contribution is 2.31. The summed E-state index contributed by atoms with van der Waals surface area (Å²) < 4.78 is 28.0. The summed E-state index contributed by atoms with van der Waals surface area (Å²) in [6.07, 6.45) is 0. The maximum Gasteiger partial charge on any atom is 0.244 e. The molecule has 0 N–H and O–H groups in total. The molecule has 0 aliphatic carbocycles. The first-order valence-electron chi connectivity index (χ1n) is 5.76. The lowest BCUT2D eigenvalue weighted by Gasteiger charge is -2.18. The van der Waals surface area contributed by atoms with Crippen molar-refractivity contribution < 1.29 is 8.42 Å². The summed E-state index contributed by atoms with van der Waals surface area (Å²) in [6, 6.07) is 7.28. The number of thiophene rings is 1. The molecule has 0 saturated heterocycles. The molecule has 0 spiro atoms. The number of sulfonamides is 1. The van der Waals surface area contributed by atoms with Crippen LogP contribution in [0.1, 0.15) is 10.4 Å². The number of hydrogen-bond donors (Lipinski definition) is 0. The Morgan fingerprint density at radius 3 is 2.55 bits per heavy atom. The fraction of sp³-hybridized carbons (Fsp3) is 0.231. The van der Waals surface area contributed by atoms with E-state index in [2.05, 4.69) is 31.9 Å². The molecule has 0 fully saturated rings. The molecule has 0 bridgehead atoms. The van der Waals surface area contributed by atoms with Gasteiger partial charge in [-0.25, -0.2) is 8.42 Å². The van der Waals surface area contributed by atoms with Gasteiger partial charge in [-0.1, -0.05) is 22.0 Å². The van der Waals surface area contributed by atoms with Gasteiger partial charge in [0.05, 0.1) is 4.90 Å². The summed E-state index contributed by atoms with van der Waals surface area (Å²) in [7, 11) is -1.93. The third-order valence-electron chi connectivity index (χ3n) is 2.86. The second-order valence-electron chi connectivity index (χ2n) is 4.37. The van der Waals surface area contributed by atoms with Gasteiger partial charge in [0.15, 0.2) is 0 Å². The summed E-state index contributed by atoms with van der Waals surface area (Å²) in [5.41, 5.74) is 0.983. The molecule has 1 heterocycles. The summed E-state index contributed by atoms with van der Waals surface area (Å²) >= 11 is 8.27. The largest absolute Gasteiger partial charge is 0.244 e. The van der Waals surface area contributed by atoms with Crippen molar-refractivity contribution in [3.05, 3.63) is 49.0 Å². The average molecular weight is 439 g/mol. The normalized spacial score (nSPS) is 12.1. The van der Waals surface area contributed by atoms with Crippen molar-refractivity contribution in [2.75, 3.05) is 7.05 Å². The first-order chi connectivity index (χ1) is 9.32. The Morgan fingerprint density at radius 1 is 1.25 bits per heavy atom. The van der Waals surface area contributed by atoms with Gasteiger partial charge in [0.2, 0.25) is 10.0 Å². The van der Waals surface area contributed by atoms with Crippen LogP contribution in [0.15, 0.2) is 43.5 Å². The molecule has 108 valence electrons. The van der Waals surface area contributed by atoms with Gasteiger partial charge in [0.1, 0.15) is 0 Å². The monoisotopic (exact) mass is 437 g/mol. The fourth-order valence-electron chi connectivity index (χ4n) is 1.70. The van der Waals surface area contributed by atoms with Crippen molar-refractivity contribution in [3.63, 3.8) is 0 Å². The lowest BCUT2D eigenvalue weighted by molar-refractivity contribution is 0.469. The molecule has 20 heavy (non-hydrogen) atoms. The zero-order valence-corrected chi connectivity index (χ0v) is 15.7. The molecule has 2 rings (SSSR count). The molecule has 1 aromatic carbocycles. The van der Waals surface area contributed by atoms with E-state index in [-0.39, 0.29) is 4.90 Å². The minimum atomic E-state index is -3.52. The Labute approximate surface area is 139 Å². The van der Waals surface area contributed by atoms with Gasteiger partial charge in [0, 0.05) is 27.4 Å². The number of aryl methyl sites for hydroxylation is 1. The summed E-state index contributed by atoms with van der Waals surface area (Å²) in [5.74, 6) is 0. The fourth-order valence-corrected chi connectivity index (χ4v) is 5.32. The van der Waals surface area contributed by atoms with E-state index in [4.69, 9.17) is 0 Å². The van der Waals surface area contributed by atoms with Gasteiger partial charge in [0.25, 0.3) is 0 Å². The highest BCUT2D eigenvalue weighted by molar-refractivity contribution is 9.11. The predicted octanol–water partition coefficient (Wildman–Crippen LogP) is 4.40. The molecule has 0 saturated carbocycles. The second kappa shape index (κ2) is 6.27. The quantitative estimate of drug-likeness (QED) is 0.709. The minimum absolute atomic E-state index is 0.272. The topological polar surface area (TPSA) is 37.4 Å². The zero-order chi connectivity index (χ0) is 14.9. The second-order valence-corrected chi connectivity index (χ2v) is 9.13. The van der Waals surface area contributed by atoms with Crippen molar-refractivity contribution >= 4 is 53.2 Å². The van der Waals surface area contributed by atoms with E-state index in [1.807, 2.05) is 24.4 Å². The minimum Gasteiger partial charge on any atom is -0.207 e. The van der Waals surface area contributed by atoms with Crippen molar-refractivity contribution in [1.82, 2.24) is 4.31 Å². The molecule has 0 aliphatic heterocycles. The van der Waals surface area contributed by atoms with Crippen LogP contribution in [0.2, 0.25) is 0 Å². The first-order valence-corrected chi connectivity index (χ1v) is 9.67. The number of rotatable bonds is 4. The summed E-state index contributed by atoms with van der Waals surface area (Å²) in [4.78, 5) is 1.28. The van der Waals surface area contributed by atoms with E-state index < -0.39 is 10.0 Å². The highest BCUT2D eigenvalue weighted by atomic mass is 79.9. The molecule has 0 unspecified atom stereocenters. The van der Waals surface area contributed by atoms with Crippen molar-refractivity contribution in [2.45, 2.75) is 18.4 Å². The molecule has 7 heteroatoms. The van der Waals surface area contributed by atoms with E-state index in [0.717, 1.165) is 14.9 Å². The van der Waals surface area contributed by atoms with Crippen LogP contribution in [0.3, 0.4) is 0 Å². The molecular formula is C13H13Br2NO2S2. The standard InChI is InChI=1S/C13H13Br2NO2S2/c1-9-6-12(15)13(7-11(9)14)20(17,18)16(2)8-10-4-3-5-19-10/h3-7H,8H2,1-2H3. The SMILES string of the molecule is Cc1cc(Br)c(S(=O)(=O)N(C)Cc2cccs2)cc1Br. The Hall–Kier alpha value is -0.210. The number of halogens is 2. The van der Waals surface area contributed by atoms with E-state index in [1.54, 1.807) is 30.5 Å².